The van der Waals surface area contributed by atoms with E-state index in [1.807, 2.05) is 6.92 Å². The second kappa shape index (κ2) is 8.98. The van der Waals surface area contributed by atoms with Gasteiger partial charge in [0.1, 0.15) is 19.0 Å². The maximum Gasteiger partial charge on any atom is 0.237 e. The van der Waals surface area contributed by atoms with Gasteiger partial charge in [0, 0.05) is 41.6 Å². The molecule has 0 radical (unpaired) electrons. The molecule has 33 heavy (non-hydrogen) atoms. The first-order chi connectivity index (χ1) is 16.0. The van der Waals surface area contributed by atoms with E-state index < -0.39 is 0 Å². The fourth-order valence-corrected chi connectivity index (χ4v) is 6.34. The van der Waals surface area contributed by atoms with E-state index in [1.54, 1.807) is 22.7 Å². The van der Waals surface area contributed by atoms with Crippen molar-refractivity contribution in [2.75, 3.05) is 26.3 Å². The summed E-state index contributed by atoms with van der Waals surface area (Å²) in [4.78, 5) is 38.7. The van der Waals surface area contributed by atoms with Crippen molar-refractivity contribution in [3.8, 4) is 11.5 Å². The van der Waals surface area contributed by atoms with Gasteiger partial charge in [0.25, 0.3) is 0 Å². The highest BCUT2D eigenvalue weighted by Crippen LogP contribution is 2.48. The van der Waals surface area contributed by atoms with Gasteiger partial charge in [-0.2, -0.15) is 0 Å². The van der Waals surface area contributed by atoms with Crippen LogP contribution in [0.1, 0.15) is 25.3 Å². The lowest BCUT2D eigenvalue weighted by atomic mass is 9.94. The van der Waals surface area contributed by atoms with Crippen LogP contribution in [0.3, 0.4) is 0 Å². The van der Waals surface area contributed by atoms with Gasteiger partial charge in [-0.15, -0.1) is 11.8 Å². The first kappa shape index (κ1) is 22.2. The van der Waals surface area contributed by atoms with Crippen molar-refractivity contribution in [2.45, 2.75) is 43.5 Å². The number of amides is 2. The van der Waals surface area contributed by atoms with E-state index in [9.17, 15) is 18.8 Å². The third kappa shape index (κ3) is 4.10. The molecule has 4 unspecified atom stereocenters. The number of hydrogen-bond acceptors (Lipinski definition) is 7. The average molecular weight is 476 g/mol. The summed E-state index contributed by atoms with van der Waals surface area (Å²) in [7, 11) is 0. The molecule has 0 spiro atoms. The van der Waals surface area contributed by atoms with E-state index in [0.29, 0.717) is 68.3 Å². The van der Waals surface area contributed by atoms with Crippen molar-refractivity contribution >= 4 is 29.9 Å². The van der Waals surface area contributed by atoms with Crippen LogP contribution in [0.4, 0.5) is 4.39 Å². The van der Waals surface area contributed by atoms with E-state index in [-0.39, 0.29) is 40.9 Å². The fraction of sp³-hybridized carbons (Fsp3) is 0.522. The summed E-state index contributed by atoms with van der Waals surface area (Å²) in [5, 5.41) is 6.26. The van der Waals surface area contributed by atoms with Crippen molar-refractivity contribution in [3.05, 3.63) is 34.1 Å². The Bertz CT molecular complexity index is 1030. The molecule has 176 valence electrons. The molecule has 0 aromatic heterocycles. The highest BCUT2D eigenvalue weighted by Gasteiger charge is 2.50. The molecule has 1 aromatic rings. The van der Waals surface area contributed by atoms with Gasteiger partial charge in [-0.3, -0.25) is 14.4 Å². The van der Waals surface area contributed by atoms with Crippen molar-refractivity contribution < 1.29 is 28.2 Å². The summed E-state index contributed by atoms with van der Waals surface area (Å²) in [5.74, 6) is 0.570. The molecule has 2 N–H and O–H groups in total. The van der Waals surface area contributed by atoms with Crippen molar-refractivity contribution in [3.63, 3.8) is 0 Å². The van der Waals surface area contributed by atoms with Crippen molar-refractivity contribution in [2.24, 2.45) is 5.92 Å². The SMILES string of the molecule is CC1C(SC2CNC(C(=O)NCCc3cc4c(cc3F)OCCO4)C2)=C(C=O)N2C(=O)CC12. The van der Waals surface area contributed by atoms with Crippen LogP contribution in [-0.4, -0.2) is 66.6 Å². The normalized spacial score (nSPS) is 27.9. The largest absolute Gasteiger partial charge is 0.486 e. The average Bonchev–Trinajstić information content (AvgIpc) is 3.35. The molecule has 2 fully saturated rings. The van der Waals surface area contributed by atoms with Crippen LogP contribution < -0.4 is 20.1 Å². The fourth-order valence-electron chi connectivity index (χ4n) is 4.88. The molecule has 0 saturated carbocycles. The molecule has 10 heteroatoms. The third-order valence-corrected chi connectivity index (χ3v) is 8.23. The zero-order valence-corrected chi connectivity index (χ0v) is 19.1. The monoisotopic (exact) mass is 475 g/mol. The van der Waals surface area contributed by atoms with E-state index in [1.165, 1.54) is 6.07 Å². The topological polar surface area (TPSA) is 97.0 Å². The minimum atomic E-state index is -0.378. The highest BCUT2D eigenvalue weighted by molar-refractivity contribution is 8.03. The third-order valence-electron chi connectivity index (χ3n) is 6.70. The Kier molecular flexibility index (Phi) is 6.05. The van der Waals surface area contributed by atoms with E-state index >= 15 is 0 Å². The number of nitrogens with zero attached hydrogens (tertiary/aromatic N) is 1. The Balaban J connectivity index is 1.13. The number of ether oxygens (including phenoxy) is 2. The number of carbonyl (C=O) groups is 3. The summed E-state index contributed by atoms with van der Waals surface area (Å²) in [6.45, 7) is 3.83. The lowest BCUT2D eigenvalue weighted by Gasteiger charge is -2.37. The van der Waals surface area contributed by atoms with Crippen molar-refractivity contribution in [1.82, 2.24) is 15.5 Å². The maximum atomic E-state index is 14.3. The smallest absolute Gasteiger partial charge is 0.237 e. The predicted octanol–water partition coefficient (Wildman–Crippen LogP) is 1.38. The first-order valence-electron chi connectivity index (χ1n) is 11.2. The van der Waals surface area contributed by atoms with Gasteiger partial charge < -0.3 is 25.0 Å². The summed E-state index contributed by atoms with van der Waals surface area (Å²) >= 11 is 1.60. The number of rotatable bonds is 7. The van der Waals surface area contributed by atoms with Gasteiger partial charge in [0.15, 0.2) is 17.8 Å². The van der Waals surface area contributed by atoms with Gasteiger partial charge >= 0.3 is 0 Å². The highest BCUT2D eigenvalue weighted by atomic mass is 32.2. The Morgan fingerprint density at radius 3 is 2.82 bits per heavy atom. The Morgan fingerprint density at radius 1 is 1.33 bits per heavy atom. The van der Waals surface area contributed by atoms with Gasteiger partial charge in [0.05, 0.1) is 17.8 Å². The lowest BCUT2D eigenvalue weighted by molar-refractivity contribution is -0.143. The number of fused-ring (bicyclic) bond motifs is 2. The minimum Gasteiger partial charge on any atom is -0.486 e. The summed E-state index contributed by atoms with van der Waals surface area (Å²) < 4.78 is 25.2. The Morgan fingerprint density at radius 2 is 2.09 bits per heavy atom. The van der Waals surface area contributed by atoms with Crippen LogP contribution >= 0.6 is 11.8 Å². The molecule has 8 nitrogen and oxygen atoms in total. The number of aldehydes is 1. The summed E-state index contributed by atoms with van der Waals surface area (Å²) in [5.41, 5.74) is 0.957. The number of nitrogens with one attached hydrogen (secondary N) is 2. The second-order valence-corrected chi connectivity index (χ2v) is 10.1. The zero-order chi connectivity index (χ0) is 23.1. The standard InChI is InChI=1S/C23H26FN3O5S/c1-12-17-9-21(29)27(17)18(11-28)22(12)33-14-7-16(26-10-14)23(30)25-3-2-13-6-19-20(8-15(13)24)32-5-4-31-19/h6,8,11-12,14,16-17,26H,2-5,7,9-10H2,1H3,(H,25,30). The van der Waals surface area contributed by atoms with E-state index in [2.05, 4.69) is 10.6 Å². The van der Waals surface area contributed by atoms with Crippen LogP contribution in [0, 0.1) is 11.7 Å². The number of thioether (sulfide) groups is 1. The molecular formula is C23H26FN3O5S. The number of benzene rings is 1. The van der Waals surface area contributed by atoms with Gasteiger partial charge in [-0.1, -0.05) is 6.92 Å². The molecule has 4 aliphatic heterocycles. The van der Waals surface area contributed by atoms with E-state index in [4.69, 9.17) is 9.47 Å². The molecular weight excluding hydrogens is 449 g/mol. The van der Waals surface area contributed by atoms with Crippen LogP contribution in [0.2, 0.25) is 0 Å². The van der Waals surface area contributed by atoms with Crippen LogP contribution in [0.25, 0.3) is 0 Å². The molecule has 5 rings (SSSR count). The molecule has 2 saturated heterocycles. The predicted molar refractivity (Wildman–Crippen MR) is 119 cm³/mol. The quantitative estimate of drug-likeness (QED) is 0.454. The number of halogens is 1. The zero-order valence-electron chi connectivity index (χ0n) is 18.3. The van der Waals surface area contributed by atoms with Gasteiger partial charge in [0.2, 0.25) is 11.8 Å². The minimum absolute atomic E-state index is 0.000744. The summed E-state index contributed by atoms with van der Waals surface area (Å²) in [6, 6.07) is 2.71. The maximum absolute atomic E-state index is 14.3. The number of hydrogen-bond donors (Lipinski definition) is 2. The Hall–Kier alpha value is -2.59. The van der Waals surface area contributed by atoms with Crippen LogP contribution in [0.15, 0.2) is 22.7 Å². The molecule has 0 bridgehead atoms. The second-order valence-electron chi connectivity index (χ2n) is 8.76. The van der Waals surface area contributed by atoms with Gasteiger partial charge in [-0.05, 0) is 24.5 Å². The number of allylic oxidation sites excluding steroid dienone is 1. The molecule has 2 amide bonds. The summed E-state index contributed by atoms with van der Waals surface area (Å²) in [6.07, 6.45) is 2.23. The van der Waals surface area contributed by atoms with Crippen LogP contribution in [-0.2, 0) is 20.8 Å². The Labute approximate surface area is 195 Å². The molecule has 4 aliphatic rings. The molecule has 1 aromatic carbocycles. The first-order valence-corrected chi connectivity index (χ1v) is 12.1. The van der Waals surface area contributed by atoms with Crippen molar-refractivity contribution in [1.29, 1.82) is 0 Å². The van der Waals surface area contributed by atoms with Crippen LogP contribution in [0.5, 0.6) is 11.5 Å². The van der Waals surface area contributed by atoms with Gasteiger partial charge in [-0.25, -0.2) is 4.39 Å². The number of β-lactam (4-membered cyclic amide) rings is 1. The lowest BCUT2D eigenvalue weighted by Crippen LogP contribution is -2.50. The molecule has 0 aliphatic carbocycles. The number of carbonyl (C=O) groups excluding carboxylic acids is 3. The molecule has 4 atom stereocenters. The van der Waals surface area contributed by atoms with E-state index in [0.717, 1.165) is 11.2 Å². The molecule has 4 heterocycles.